The molecule has 0 saturated heterocycles. The van der Waals surface area contributed by atoms with Gasteiger partial charge in [-0.05, 0) is 40.8 Å². The minimum absolute atomic E-state index is 0.357. The van der Waals surface area contributed by atoms with E-state index in [4.69, 9.17) is 0 Å². The number of rotatable bonds is 6. The van der Waals surface area contributed by atoms with E-state index in [2.05, 4.69) is 68.0 Å². The fourth-order valence-electron chi connectivity index (χ4n) is 2.02. The van der Waals surface area contributed by atoms with Crippen molar-refractivity contribution in [3.63, 3.8) is 0 Å². The molecule has 0 saturated carbocycles. The summed E-state index contributed by atoms with van der Waals surface area (Å²) in [6.07, 6.45) is 1.09. The van der Waals surface area contributed by atoms with Crippen molar-refractivity contribution in [3.8, 4) is 0 Å². The summed E-state index contributed by atoms with van der Waals surface area (Å²) in [6, 6.07) is 9.22. The predicted octanol–water partition coefficient (Wildman–Crippen LogP) is 5.37. The van der Waals surface area contributed by atoms with Crippen molar-refractivity contribution in [2.45, 2.75) is 40.2 Å². The molecule has 1 N–H and O–H groups in total. The van der Waals surface area contributed by atoms with Gasteiger partial charge in [-0.1, -0.05) is 39.8 Å². The van der Waals surface area contributed by atoms with Crippen LogP contribution in [0.3, 0.4) is 0 Å². The molecule has 0 aliphatic rings. The van der Waals surface area contributed by atoms with Gasteiger partial charge in [0.15, 0.2) is 0 Å². The highest BCUT2D eigenvalue weighted by molar-refractivity contribution is 7.10. The molecular weight excluding hydrogens is 282 g/mol. The minimum atomic E-state index is 0.357. The largest absolute Gasteiger partial charge is 0.309 e. The predicted molar refractivity (Wildman–Crippen MR) is 91.7 cm³/mol. The summed E-state index contributed by atoms with van der Waals surface area (Å²) >= 11 is 3.71. The van der Waals surface area contributed by atoms with Crippen LogP contribution in [0.25, 0.3) is 0 Å². The van der Waals surface area contributed by atoms with E-state index in [1.54, 1.807) is 0 Å². The zero-order chi connectivity index (χ0) is 14.6. The molecular formula is C17H25NS2. The van der Waals surface area contributed by atoms with Crippen LogP contribution in [0, 0.1) is 11.3 Å². The molecule has 1 nitrogen and oxygen atoms in total. The van der Waals surface area contributed by atoms with Crippen LogP contribution in [-0.2, 0) is 6.42 Å². The first-order valence-corrected chi connectivity index (χ1v) is 9.02. The third-order valence-corrected chi connectivity index (χ3v) is 5.91. The summed E-state index contributed by atoms with van der Waals surface area (Å²) in [4.78, 5) is 2.90. The van der Waals surface area contributed by atoms with E-state index in [0.717, 1.165) is 13.0 Å². The fraction of sp³-hybridized carbons (Fsp3) is 0.529. The second-order valence-corrected chi connectivity index (χ2v) is 8.54. The lowest BCUT2D eigenvalue weighted by Gasteiger charge is -2.29. The van der Waals surface area contributed by atoms with E-state index < -0.39 is 0 Å². The highest BCUT2D eigenvalue weighted by atomic mass is 32.1. The van der Waals surface area contributed by atoms with E-state index in [9.17, 15) is 0 Å². The molecule has 2 atom stereocenters. The van der Waals surface area contributed by atoms with Gasteiger partial charge in [-0.15, -0.1) is 22.7 Å². The van der Waals surface area contributed by atoms with Crippen LogP contribution in [-0.4, -0.2) is 6.54 Å². The molecule has 2 heterocycles. The molecule has 0 aliphatic carbocycles. The van der Waals surface area contributed by atoms with Crippen molar-refractivity contribution in [3.05, 3.63) is 44.8 Å². The van der Waals surface area contributed by atoms with Crippen molar-refractivity contribution in [2.24, 2.45) is 11.3 Å². The molecule has 0 fully saturated rings. The number of hydrogen-bond donors (Lipinski definition) is 1. The molecule has 0 aliphatic heterocycles. The molecule has 0 aromatic carbocycles. The zero-order valence-electron chi connectivity index (χ0n) is 12.8. The Bertz CT molecular complexity index is 480. The van der Waals surface area contributed by atoms with Crippen LogP contribution >= 0.6 is 22.7 Å². The first-order valence-electron chi connectivity index (χ1n) is 7.26. The first-order chi connectivity index (χ1) is 9.47. The molecule has 2 aromatic heterocycles. The van der Waals surface area contributed by atoms with Gasteiger partial charge in [0.1, 0.15) is 0 Å². The highest BCUT2D eigenvalue weighted by Crippen LogP contribution is 2.28. The minimum Gasteiger partial charge on any atom is -0.309 e. The lowest BCUT2D eigenvalue weighted by Crippen LogP contribution is -2.32. The highest BCUT2D eigenvalue weighted by Gasteiger charge is 2.22. The summed E-state index contributed by atoms with van der Waals surface area (Å²) in [5.74, 6) is 0.660. The lowest BCUT2D eigenvalue weighted by atomic mass is 9.82. The van der Waals surface area contributed by atoms with Crippen molar-refractivity contribution in [1.29, 1.82) is 0 Å². The van der Waals surface area contributed by atoms with Gasteiger partial charge in [0, 0.05) is 22.2 Å². The maximum absolute atomic E-state index is 3.78. The lowest BCUT2D eigenvalue weighted by molar-refractivity contribution is 0.245. The average molecular weight is 308 g/mol. The molecule has 3 heteroatoms. The first kappa shape index (κ1) is 15.7. The van der Waals surface area contributed by atoms with Crippen LogP contribution in [0.4, 0.5) is 0 Å². The molecule has 110 valence electrons. The second kappa shape index (κ2) is 6.88. The van der Waals surface area contributed by atoms with Crippen LogP contribution in [0.5, 0.6) is 0 Å². The van der Waals surface area contributed by atoms with E-state index >= 15 is 0 Å². The van der Waals surface area contributed by atoms with Crippen molar-refractivity contribution in [2.75, 3.05) is 6.54 Å². The summed E-state index contributed by atoms with van der Waals surface area (Å²) < 4.78 is 0. The molecule has 0 amide bonds. The van der Waals surface area contributed by atoms with Gasteiger partial charge in [-0.25, -0.2) is 0 Å². The normalized spacial score (nSPS) is 15.2. The van der Waals surface area contributed by atoms with Crippen LogP contribution in [0.2, 0.25) is 0 Å². The van der Waals surface area contributed by atoms with Gasteiger partial charge in [0.2, 0.25) is 0 Å². The molecule has 0 bridgehead atoms. The molecule has 0 spiro atoms. The van der Waals surface area contributed by atoms with Gasteiger partial charge in [-0.3, -0.25) is 0 Å². The number of thiophene rings is 2. The molecule has 20 heavy (non-hydrogen) atoms. The van der Waals surface area contributed by atoms with E-state index in [0.29, 0.717) is 17.4 Å². The smallest absolute Gasteiger partial charge is 0.0463 e. The molecule has 0 radical (unpaired) electrons. The topological polar surface area (TPSA) is 12.0 Å². The van der Waals surface area contributed by atoms with Gasteiger partial charge < -0.3 is 5.32 Å². The van der Waals surface area contributed by atoms with E-state index in [1.165, 1.54) is 9.75 Å². The van der Waals surface area contributed by atoms with Crippen molar-refractivity contribution >= 4 is 22.7 Å². The Morgan fingerprint density at radius 2 is 1.80 bits per heavy atom. The zero-order valence-corrected chi connectivity index (χ0v) is 14.5. The third kappa shape index (κ3) is 4.44. The SMILES string of the molecule is CC(CNC(Cc1cccs1)c1cccs1)C(C)(C)C. The maximum atomic E-state index is 3.78. The number of hydrogen-bond acceptors (Lipinski definition) is 3. The monoisotopic (exact) mass is 307 g/mol. The summed E-state index contributed by atoms with van der Waals surface area (Å²) in [6.45, 7) is 10.4. The van der Waals surface area contributed by atoms with Crippen LogP contribution < -0.4 is 5.32 Å². The third-order valence-electron chi connectivity index (χ3n) is 4.02. The maximum Gasteiger partial charge on any atom is 0.0463 e. The number of nitrogens with one attached hydrogen (secondary N) is 1. The van der Waals surface area contributed by atoms with E-state index in [-0.39, 0.29) is 0 Å². The molecule has 2 unspecified atom stereocenters. The standard InChI is InChI=1S/C17H25NS2/c1-13(17(2,3)4)12-18-15(16-8-6-10-20-16)11-14-7-5-9-19-14/h5-10,13,15,18H,11-12H2,1-4H3. The van der Waals surface area contributed by atoms with Crippen LogP contribution in [0.1, 0.15) is 43.5 Å². The Hall–Kier alpha value is -0.640. The van der Waals surface area contributed by atoms with Gasteiger partial charge in [-0.2, -0.15) is 0 Å². The van der Waals surface area contributed by atoms with Crippen LogP contribution in [0.15, 0.2) is 35.0 Å². The van der Waals surface area contributed by atoms with E-state index in [1.807, 2.05) is 22.7 Å². The Morgan fingerprint density at radius 1 is 1.10 bits per heavy atom. The van der Waals surface area contributed by atoms with Crippen molar-refractivity contribution in [1.82, 2.24) is 5.32 Å². The second-order valence-electron chi connectivity index (χ2n) is 6.53. The Morgan fingerprint density at radius 3 is 2.35 bits per heavy atom. The Balaban J connectivity index is 2.00. The Kier molecular flexibility index (Phi) is 5.42. The van der Waals surface area contributed by atoms with Gasteiger partial charge >= 0.3 is 0 Å². The summed E-state index contributed by atoms with van der Waals surface area (Å²) in [5, 5.41) is 8.12. The molecule has 2 rings (SSSR count). The van der Waals surface area contributed by atoms with Crippen molar-refractivity contribution < 1.29 is 0 Å². The fourth-order valence-corrected chi connectivity index (χ4v) is 3.57. The Labute approximate surface area is 131 Å². The van der Waals surface area contributed by atoms with Gasteiger partial charge in [0.25, 0.3) is 0 Å². The average Bonchev–Trinajstić information content (AvgIpc) is 3.05. The summed E-state index contributed by atoms with van der Waals surface area (Å²) in [7, 11) is 0. The quantitative estimate of drug-likeness (QED) is 0.757. The van der Waals surface area contributed by atoms with Gasteiger partial charge in [0.05, 0.1) is 0 Å². The molecule has 2 aromatic rings. The summed E-state index contributed by atoms with van der Waals surface area (Å²) in [5.41, 5.74) is 0.357.